The summed E-state index contributed by atoms with van der Waals surface area (Å²) in [6.45, 7) is 3.78. The summed E-state index contributed by atoms with van der Waals surface area (Å²) in [6.07, 6.45) is 1.62. The van der Waals surface area contributed by atoms with Crippen LogP contribution in [0.2, 0.25) is 5.02 Å². The molecule has 0 saturated heterocycles. The highest BCUT2D eigenvalue weighted by Crippen LogP contribution is 2.22. The number of allylic oxidation sites excluding steroid dienone is 1. The third kappa shape index (κ3) is 3.82. The summed E-state index contributed by atoms with van der Waals surface area (Å²) in [5.41, 5.74) is 7.63. The van der Waals surface area contributed by atoms with E-state index in [0.29, 0.717) is 16.4 Å². The van der Waals surface area contributed by atoms with Gasteiger partial charge in [0.05, 0.1) is 10.7 Å². The molecule has 0 heterocycles. The Morgan fingerprint density at radius 1 is 1.44 bits per heavy atom. The first-order chi connectivity index (χ1) is 7.49. The minimum atomic E-state index is -0.318. The van der Waals surface area contributed by atoms with Crippen LogP contribution in [0.25, 0.3) is 0 Å². The molecule has 0 fully saturated rings. The first-order valence-electron chi connectivity index (χ1n) is 4.75. The Bertz CT molecular complexity index is 425. The van der Waals surface area contributed by atoms with E-state index in [1.807, 2.05) is 13.8 Å². The summed E-state index contributed by atoms with van der Waals surface area (Å²) in [4.78, 5) is 11.4. The van der Waals surface area contributed by atoms with Crippen LogP contribution in [-0.4, -0.2) is 6.03 Å². The number of hydrogen-bond acceptors (Lipinski definition) is 2. The van der Waals surface area contributed by atoms with Crippen LogP contribution in [0.5, 0.6) is 0 Å². The number of nitrogen functional groups attached to an aromatic ring is 1. The first kappa shape index (κ1) is 12.4. The summed E-state index contributed by atoms with van der Waals surface area (Å²) in [7, 11) is 0. The molecule has 5 heteroatoms. The van der Waals surface area contributed by atoms with Gasteiger partial charge in [-0.2, -0.15) is 0 Å². The molecule has 0 saturated carbocycles. The Balaban J connectivity index is 2.63. The van der Waals surface area contributed by atoms with Crippen molar-refractivity contribution in [2.45, 2.75) is 13.8 Å². The molecule has 0 aliphatic carbocycles. The zero-order chi connectivity index (χ0) is 12.1. The number of nitrogens with two attached hydrogens (primary N) is 1. The van der Waals surface area contributed by atoms with Crippen LogP contribution in [0.3, 0.4) is 0 Å². The van der Waals surface area contributed by atoms with Gasteiger partial charge in [-0.25, -0.2) is 4.79 Å². The van der Waals surface area contributed by atoms with Gasteiger partial charge in [0, 0.05) is 11.9 Å². The number of nitrogens with one attached hydrogen (secondary N) is 2. The van der Waals surface area contributed by atoms with Gasteiger partial charge in [-0.1, -0.05) is 17.2 Å². The Hall–Kier alpha value is -1.68. The monoisotopic (exact) mass is 239 g/mol. The van der Waals surface area contributed by atoms with E-state index in [4.69, 9.17) is 17.3 Å². The van der Waals surface area contributed by atoms with Crippen LogP contribution in [0.15, 0.2) is 30.0 Å². The van der Waals surface area contributed by atoms with E-state index in [-0.39, 0.29) is 6.03 Å². The smallest absolute Gasteiger partial charge is 0.323 e. The Labute approximate surface area is 99.5 Å². The number of urea groups is 1. The van der Waals surface area contributed by atoms with Crippen LogP contribution >= 0.6 is 11.6 Å². The van der Waals surface area contributed by atoms with E-state index < -0.39 is 0 Å². The van der Waals surface area contributed by atoms with Crippen molar-refractivity contribution in [3.8, 4) is 0 Å². The van der Waals surface area contributed by atoms with Crippen molar-refractivity contribution < 1.29 is 4.79 Å². The van der Waals surface area contributed by atoms with E-state index in [2.05, 4.69) is 10.6 Å². The van der Waals surface area contributed by atoms with E-state index in [9.17, 15) is 4.79 Å². The van der Waals surface area contributed by atoms with Gasteiger partial charge in [0.2, 0.25) is 0 Å². The molecule has 16 heavy (non-hydrogen) atoms. The maximum absolute atomic E-state index is 11.4. The predicted octanol–water partition coefficient (Wildman–Crippen LogP) is 2.97. The Morgan fingerprint density at radius 3 is 2.69 bits per heavy atom. The van der Waals surface area contributed by atoms with Crippen molar-refractivity contribution in [2.24, 2.45) is 0 Å². The maximum atomic E-state index is 11.4. The van der Waals surface area contributed by atoms with E-state index >= 15 is 0 Å². The van der Waals surface area contributed by atoms with E-state index in [1.54, 1.807) is 24.4 Å². The Kier molecular flexibility index (Phi) is 4.19. The maximum Gasteiger partial charge on any atom is 0.323 e. The summed E-state index contributed by atoms with van der Waals surface area (Å²) in [5, 5.41) is 5.63. The molecule has 0 radical (unpaired) electrons. The van der Waals surface area contributed by atoms with Crippen molar-refractivity contribution in [2.75, 3.05) is 11.1 Å². The SMILES string of the molecule is CC(C)=CNC(=O)Nc1ccc(N)c(Cl)c1. The molecule has 0 aromatic heterocycles. The second-order valence-corrected chi connectivity index (χ2v) is 3.96. The molecule has 4 N–H and O–H groups in total. The zero-order valence-electron chi connectivity index (χ0n) is 9.17. The number of anilines is 2. The van der Waals surface area contributed by atoms with Gasteiger partial charge >= 0.3 is 6.03 Å². The summed E-state index contributed by atoms with van der Waals surface area (Å²) in [6, 6.07) is 4.60. The molecule has 0 unspecified atom stereocenters. The molecule has 4 nitrogen and oxygen atoms in total. The minimum Gasteiger partial charge on any atom is -0.398 e. The van der Waals surface area contributed by atoms with Gasteiger partial charge < -0.3 is 16.4 Å². The van der Waals surface area contributed by atoms with E-state index in [0.717, 1.165) is 5.57 Å². The molecule has 1 rings (SSSR count). The molecule has 0 spiro atoms. The average molecular weight is 240 g/mol. The quantitative estimate of drug-likeness (QED) is 0.695. The van der Waals surface area contributed by atoms with Crippen LogP contribution in [0.4, 0.5) is 16.2 Å². The molecule has 2 amide bonds. The number of benzene rings is 1. The normalized spacial score (nSPS) is 9.44. The molecule has 1 aromatic rings. The van der Waals surface area contributed by atoms with Gasteiger partial charge in [-0.05, 0) is 32.0 Å². The predicted molar refractivity (Wildman–Crippen MR) is 67.4 cm³/mol. The van der Waals surface area contributed by atoms with Gasteiger partial charge in [-0.15, -0.1) is 0 Å². The molecule has 1 aromatic carbocycles. The number of carbonyl (C=O) groups is 1. The fourth-order valence-corrected chi connectivity index (χ4v) is 1.16. The topological polar surface area (TPSA) is 67.2 Å². The summed E-state index contributed by atoms with van der Waals surface area (Å²) < 4.78 is 0. The third-order valence-corrected chi connectivity index (χ3v) is 2.08. The highest BCUT2D eigenvalue weighted by Gasteiger charge is 2.01. The second kappa shape index (κ2) is 5.42. The lowest BCUT2D eigenvalue weighted by molar-refractivity contribution is 0.255. The van der Waals surface area contributed by atoms with Crippen molar-refractivity contribution in [3.63, 3.8) is 0 Å². The molecular formula is C11H14ClN3O. The Morgan fingerprint density at radius 2 is 2.12 bits per heavy atom. The van der Waals surface area contributed by atoms with Gasteiger partial charge in [0.25, 0.3) is 0 Å². The van der Waals surface area contributed by atoms with Crippen molar-refractivity contribution >= 4 is 29.0 Å². The zero-order valence-corrected chi connectivity index (χ0v) is 9.93. The summed E-state index contributed by atoms with van der Waals surface area (Å²) in [5.74, 6) is 0. The highest BCUT2D eigenvalue weighted by atomic mass is 35.5. The molecule has 0 aliphatic heterocycles. The first-order valence-corrected chi connectivity index (χ1v) is 5.13. The van der Waals surface area contributed by atoms with E-state index in [1.165, 1.54) is 0 Å². The van der Waals surface area contributed by atoms with Crippen molar-refractivity contribution in [3.05, 3.63) is 35.0 Å². The van der Waals surface area contributed by atoms with Crippen LogP contribution < -0.4 is 16.4 Å². The summed E-state index contributed by atoms with van der Waals surface area (Å²) >= 11 is 5.82. The average Bonchev–Trinajstić information content (AvgIpc) is 2.21. The lowest BCUT2D eigenvalue weighted by Crippen LogP contribution is -2.24. The van der Waals surface area contributed by atoms with Crippen LogP contribution in [0, 0.1) is 0 Å². The fourth-order valence-electron chi connectivity index (χ4n) is 0.982. The van der Waals surface area contributed by atoms with Gasteiger partial charge in [0.1, 0.15) is 0 Å². The highest BCUT2D eigenvalue weighted by molar-refractivity contribution is 6.33. The second-order valence-electron chi connectivity index (χ2n) is 3.56. The van der Waals surface area contributed by atoms with Crippen molar-refractivity contribution in [1.29, 1.82) is 0 Å². The largest absolute Gasteiger partial charge is 0.398 e. The standard InChI is InChI=1S/C11H14ClN3O/c1-7(2)6-14-11(16)15-8-3-4-10(13)9(12)5-8/h3-6H,13H2,1-2H3,(H2,14,15,16). The van der Waals surface area contributed by atoms with Gasteiger partial charge in [0.15, 0.2) is 0 Å². The number of carbonyl (C=O) groups excluding carboxylic acids is 1. The molecule has 0 bridgehead atoms. The molecule has 0 aliphatic rings. The van der Waals surface area contributed by atoms with Gasteiger partial charge in [-0.3, -0.25) is 0 Å². The lowest BCUT2D eigenvalue weighted by atomic mass is 10.3. The lowest BCUT2D eigenvalue weighted by Gasteiger charge is -2.06. The van der Waals surface area contributed by atoms with Crippen LogP contribution in [0.1, 0.15) is 13.8 Å². The number of amides is 2. The minimum absolute atomic E-state index is 0.318. The number of halogens is 1. The number of hydrogen-bond donors (Lipinski definition) is 3. The van der Waals surface area contributed by atoms with Crippen LogP contribution in [-0.2, 0) is 0 Å². The number of rotatable bonds is 2. The molecule has 0 atom stereocenters. The molecular weight excluding hydrogens is 226 g/mol. The fraction of sp³-hybridized carbons (Fsp3) is 0.182. The third-order valence-electron chi connectivity index (χ3n) is 1.75. The molecule has 86 valence electrons. The van der Waals surface area contributed by atoms with Crippen molar-refractivity contribution in [1.82, 2.24) is 5.32 Å².